The van der Waals surface area contributed by atoms with Crippen LogP contribution in [0.2, 0.25) is 0 Å². The van der Waals surface area contributed by atoms with Crippen molar-refractivity contribution in [2.45, 2.75) is 0 Å². The van der Waals surface area contributed by atoms with Crippen molar-refractivity contribution in [3.63, 3.8) is 0 Å². The lowest BCUT2D eigenvalue weighted by molar-refractivity contribution is 0.584. The highest BCUT2D eigenvalue weighted by atomic mass is 15.2. The van der Waals surface area contributed by atoms with Crippen molar-refractivity contribution in [3.05, 3.63) is 42.7 Å². The van der Waals surface area contributed by atoms with E-state index in [-0.39, 0.29) is 0 Å². The van der Waals surface area contributed by atoms with Gasteiger partial charge in [-0.05, 0) is 0 Å². The highest BCUT2D eigenvalue weighted by molar-refractivity contribution is 5.58. The van der Waals surface area contributed by atoms with E-state index in [4.69, 9.17) is 0 Å². The van der Waals surface area contributed by atoms with Gasteiger partial charge in [-0.25, -0.2) is 4.98 Å². The molecule has 3 rings (SSSR count). The molecule has 0 saturated carbocycles. The van der Waals surface area contributed by atoms with Crippen molar-refractivity contribution in [2.24, 2.45) is 0 Å². The molecule has 0 unspecified atom stereocenters. The minimum atomic E-state index is 0.925. The Morgan fingerprint density at radius 3 is 2.39 bits per heavy atom. The van der Waals surface area contributed by atoms with E-state index < -0.39 is 0 Å². The molecule has 1 fully saturated rings. The van der Waals surface area contributed by atoms with Crippen LogP contribution in [-0.2, 0) is 0 Å². The highest BCUT2D eigenvalue weighted by Gasteiger charge is 2.11. The molecule has 0 spiro atoms. The van der Waals surface area contributed by atoms with Crippen LogP contribution in [0.15, 0.2) is 42.7 Å². The van der Waals surface area contributed by atoms with Gasteiger partial charge in [0.05, 0.1) is 18.1 Å². The summed E-state index contributed by atoms with van der Waals surface area (Å²) in [4.78, 5) is 11.3. The Labute approximate surface area is 107 Å². The minimum absolute atomic E-state index is 0.925. The number of nitrogens with zero attached hydrogens (tertiary/aromatic N) is 3. The van der Waals surface area contributed by atoms with Crippen molar-refractivity contribution in [1.29, 1.82) is 0 Å². The van der Waals surface area contributed by atoms with Crippen LogP contribution in [0.25, 0.3) is 11.3 Å². The lowest BCUT2D eigenvalue weighted by Crippen LogP contribution is -2.43. The average molecular weight is 240 g/mol. The maximum absolute atomic E-state index is 4.51. The van der Waals surface area contributed by atoms with Gasteiger partial charge in [0.2, 0.25) is 0 Å². The molecule has 18 heavy (non-hydrogen) atoms. The minimum Gasteiger partial charge on any atom is -0.353 e. The summed E-state index contributed by atoms with van der Waals surface area (Å²) < 4.78 is 0. The van der Waals surface area contributed by atoms with E-state index in [0.29, 0.717) is 0 Å². The average Bonchev–Trinajstić information content (AvgIpc) is 2.49. The van der Waals surface area contributed by atoms with Crippen molar-refractivity contribution in [3.8, 4) is 11.3 Å². The molecular formula is C14H16N4. The van der Waals surface area contributed by atoms with Crippen LogP contribution in [0.4, 0.5) is 5.82 Å². The summed E-state index contributed by atoms with van der Waals surface area (Å²) in [5, 5.41) is 3.33. The second-order valence-electron chi connectivity index (χ2n) is 4.36. The smallest absolute Gasteiger partial charge is 0.147 e. The number of nitrogens with one attached hydrogen (secondary N) is 1. The molecule has 1 aromatic carbocycles. The van der Waals surface area contributed by atoms with E-state index in [0.717, 1.165) is 43.3 Å². The van der Waals surface area contributed by atoms with Crippen molar-refractivity contribution in [2.75, 3.05) is 31.1 Å². The van der Waals surface area contributed by atoms with E-state index in [1.165, 1.54) is 0 Å². The third kappa shape index (κ3) is 2.33. The van der Waals surface area contributed by atoms with Crippen molar-refractivity contribution < 1.29 is 0 Å². The molecule has 1 saturated heterocycles. The maximum atomic E-state index is 4.51. The van der Waals surface area contributed by atoms with Crippen LogP contribution < -0.4 is 10.2 Å². The summed E-state index contributed by atoms with van der Waals surface area (Å²) in [6, 6.07) is 10.1. The van der Waals surface area contributed by atoms with Crippen LogP contribution in [0.1, 0.15) is 0 Å². The van der Waals surface area contributed by atoms with Crippen LogP contribution in [0.5, 0.6) is 0 Å². The SMILES string of the molecule is c1ccc(-c2cnc(N3CCNCC3)cn2)cc1. The Bertz CT molecular complexity index is 489. The van der Waals surface area contributed by atoms with E-state index in [1.54, 1.807) is 0 Å². The standard InChI is InChI=1S/C14H16N4/c1-2-4-12(5-3-1)13-10-17-14(11-16-13)18-8-6-15-7-9-18/h1-5,10-11,15H,6-9H2. The van der Waals surface area contributed by atoms with Gasteiger partial charge in [0, 0.05) is 31.7 Å². The normalized spacial score (nSPS) is 15.7. The number of aromatic nitrogens is 2. The third-order valence-corrected chi connectivity index (χ3v) is 3.15. The topological polar surface area (TPSA) is 41.1 Å². The largest absolute Gasteiger partial charge is 0.353 e. The Kier molecular flexibility index (Phi) is 3.19. The summed E-state index contributed by atoms with van der Waals surface area (Å²) in [7, 11) is 0. The van der Waals surface area contributed by atoms with Gasteiger partial charge in [-0.2, -0.15) is 0 Å². The van der Waals surface area contributed by atoms with E-state index >= 15 is 0 Å². The summed E-state index contributed by atoms with van der Waals surface area (Å²) >= 11 is 0. The number of piperazine rings is 1. The first-order chi connectivity index (χ1) is 8.93. The lowest BCUT2D eigenvalue weighted by atomic mass is 10.2. The second kappa shape index (κ2) is 5.14. The molecule has 0 radical (unpaired) electrons. The fourth-order valence-electron chi connectivity index (χ4n) is 2.14. The molecule has 2 aromatic rings. The predicted octanol–water partition coefficient (Wildman–Crippen LogP) is 1.55. The first kappa shape index (κ1) is 11.2. The van der Waals surface area contributed by atoms with Crippen LogP contribution in [-0.4, -0.2) is 36.1 Å². The third-order valence-electron chi connectivity index (χ3n) is 3.15. The fraction of sp³-hybridized carbons (Fsp3) is 0.286. The number of rotatable bonds is 2. The molecule has 2 heterocycles. The number of benzene rings is 1. The molecular weight excluding hydrogens is 224 g/mol. The Hall–Kier alpha value is -1.94. The molecule has 4 nitrogen and oxygen atoms in total. The van der Waals surface area contributed by atoms with Gasteiger partial charge < -0.3 is 10.2 Å². The van der Waals surface area contributed by atoms with Gasteiger partial charge in [0.25, 0.3) is 0 Å². The van der Waals surface area contributed by atoms with E-state index in [1.807, 2.05) is 30.6 Å². The first-order valence-electron chi connectivity index (χ1n) is 6.26. The molecule has 1 aliphatic heterocycles. The molecule has 92 valence electrons. The summed E-state index contributed by atoms with van der Waals surface area (Å²) in [6.07, 6.45) is 3.72. The van der Waals surface area contributed by atoms with Gasteiger partial charge in [-0.3, -0.25) is 4.98 Å². The molecule has 1 aliphatic rings. The Morgan fingerprint density at radius 2 is 1.72 bits per heavy atom. The molecule has 0 bridgehead atoms. The quantitative estimate of drug-likeness (QED) is 0.864. The van der Waals surface area contributed by atoms with E-state index in [2.05, 4.69) is 32.3 Å². The van der Waals surface area contributed by atoms with Gasteiger partial charge in [-0.15, -0.1) is 0 Å². The van der Waals surface area contributed by atoms with Crippen molar-refractivity contribution in [1.82, 2.24) is 15.3 Å². The monoisotopic (exact) mass is 240 g/mol. The number of hydrogen-bond acceptors (Lipinski definition) is 4. The summed E-state index contributed by atoms with van der Waals surface area (Å²) in [6.45, 7) is 4.03. The van der Waals surface area contributed by atoms with Gasteiger partial charge in [0.1, 0.15) is 5.82 Å². The predicted molar refractivity (Wildman–Crippen MR) is 72.6 cm³/mol. The Morgan fingerprint density at radius 1 is 0.944 bits per heavy atom. The zero-order valence-corrected chi connectivity index (χ0v) is 10.2. The number of anilines is 1. The summed E-state index contributed by atoms with van der Waals surface area (Å²) in [5.41, 5.74) is 2.03. The molecule has 0 aliphatic carbocycles. The zero-order chi connectivity index (χ0) is 12.2. The first-order valence-corrected chi connectivity index (χ1v) is 6.26. The van der Waals surface area contributed by atoms with Crippen molar-refractivity contribution >= 4 is 5.82 Å². The highest BCUT2D eigenvalue weighted by Crippen LogP contribution is 2.17. The zero-order valence-electron chi connectivity index (χ0n) is 10.2. The fourth-order valence-corrected chi connectivity index (χ4v) is 2.14. The molecule has 1 aromatic heterocycles. The number of hydrogen-bond donors (Lipinski definition) is 1. The Balaban J connectivity index is 1.80. The maximum Gasteiger partial charge on any atom is 0.147 e. The lowest BCUT2D eigenvalue weighted by Gasteiger charge is -2.28. The van der Waals surface area contributed by atoms with Crippen LogP contribution in [0, 0.1) is 0 Å². The molecule has 4 heteroatoms. The van der Waals surface area contributed by atoms with Crippen LogP contribution in [0.3, 0.4) is 0 Å². The summed E-state index contributed by atoms with van der Waals surface area (Å²) in [5.74, 6) is 0.969. The molecule has 1 N–H and O–H groups in total. The molecule has 0 amide bonds. The second-order valence-corrected chi connectivity index (χ2v) is 4.36. The van der Waals surface area contributed by atoms with Crippen LogP contribution >= 0.6 is 0 Å². The van der Waals surface area contributed by atoms with Gasteiger partial charge in [-0.1, -0.05) is 30.3 Å². The van der Waals surface area contributed by atoms with Gasteiger partial charge in [0.15, 0.2) is 0 Å². The molecule has 0 atom stereocenters. The van der Waals surface area contributed by atoms with E-state index in [9.17, 15) is 0 Å². The van der Waals surface area contributed by atoms with Gasteiger partial charge >= 0.3 is 0 Å².